The molecule has 2 rings (SSSR count). The van der Waals surface area contributed by atoms with E-state index in [1.54, 1.807) is 19.2 Å². The average Bonchev–Trinajstić information content (AvgIpc) is 2.52. The van der Waals surface area contributed by atoms with Gasteiger partial charge in [0.2, 0.25) is 5.91 Å². The minimum atomic E-state index is -0.754. The van der Waals surface area contributed by atoms with Gasteiger partial charge in [0.25, 0.3) is 0 Å². The molecule has 0 atom stereocenters. The second-order valence-electron chi connectivity index (χ2n) is 3.25. The summed E-state index contributed by atoms with van der Waals surface area (Å²) < 4.78 is 0. The van der Waals surface area contributed by atoms with E-state index in [4.69, 9.17) is 11.6 Å². The Kier molecular flexibility index (Phi) is 2.36. The zero-order chi connectivity index (χ0) is 11.0. The molecule has 1 aromatic carbocycles. The summed E-state index contributed by atoms with van der Waals surface area (Å²) in [7, 11) is 1.79. The van der Waals surface area contributed by atoms with Crippen LogP contribution in [0.4, 0.5) is 16.2 Å². The minimum Gasteiger partial charge on any atom is -0.388 e. The van der Waals surface area contributed by atoms with E-state index in [-0.39, 0.29) is 12.3 Å². The number of nitrogens with one attached hydrogen (secondary N) is 1. The lowest BCUT2D eigenvalue weighted by Crippen LogP contribution is -2.28. The Morgan fingerprint density at radius 3 is 2.87 bits per heavy atom. The van der Waals surface area contributed by atoms with Crippen LogP contribution in [0.2, 0.25) is 0 Å². The van der Waals surface area contributed by atoms with E-state index in [1.807, 2.05) is 6.07 Å². The molecule has 0 saturated heterocycles. The van der Waals surface area contributed by atoms with Crippen molar-refractivity contribution in [1.82, 2.24) is 0 Å². The summed E-state index contributed by atoms with van der Waals surface area (Å²) in [4.78, 5) is 23.5. The van der Waals surface area contributed by atoms with Gasteiger partial charge in [-0.2, -0.15) is 0 Å². The highest BCUT2D eigenvalue weighted by molar-refractivity contribution is 6.68. The maximum absolute atomic E-state index is 11.5. The Balaban J connectivity index is 2.47. The van der Waals surface area contributed by atoms with Gasteiger partial charge in [0.1, 0.15) is 0 Å². The van der Waals surface area contributed by atoms with E-state index in [0.717, 1.165) is 16.2 Å². The average molecular weight is 225 g/mol. The largest absolute Gasteiger partial charge is 0.388 e. The van der Waals surface area contributed by atoms with Gasteiger partial charge in [0.05, 0.1) is 12.1 Å². The Morgan fingerprint density at radius 1 is 1.53 bits per heavy atom. The van der Waals surface area contributed by atoms with Crippen molar-refractivity contribution in [3.63, 3.8) is 0 Å². The zero-order valence-electron chi connectivity index (χ0n) is 8.08. The lowest BCUT2D eigenvalue weighted by Gasteiger charge is -2.11. The smallest absolute Gasteiger partial charge is 0.327 e. The van der Waals surface area contributed by atoms with Gasteiger partial charge in [-0.15, -0.1) is 0 Å². The number of fused-ring (bicyclic) bond motifs is 1. The molecular weight excluding hydrogens is 216 g/mol. The number of halogens is 1. The topological polar surface area (TPSA) is 49.4 Å². The van der Waals surface area contributed by atoms with Crippen molar-refractivity contribution in [3.05, 3.63) is 23.8 Å². The first-order chi connectivity index (χ1) is 7.13. The molecule has 1 aliphatic heterocycles. The van der Waals surface area contributed by atoms with Crippen molar-refractivity contribution in [2.45, 2.75) is 6.42 Å². The molecule has 78 valence electrons. The molecule has 0 radical (unpaired) electrons. The molecule has 4 nitrogen and oxygen atoms in total. The molecule has 0 unspecified atom stereocenters. The predicted octanol–water partition coefficient (Wildman–Crippen LogP) is 1.98. The summed E-state index contributed by atoms with van der Waals surface area (Å²) in [6, 6.07) is 5.35. The quantitative estimate of drug-likeness (QED) is 0.586. The van der Waals surface area contributed by atoms with E-state index < -0.39 is 5.37 Å². The Morgan fingerprint density at radius 2 is 2.27 bits per heavy atom. The van der Waals surface area contributed by atoms with Crippen molar-refractivity contribution < 1.29 is 9.59 Å². The van der Waals surface area contributed by atoms with Crippen LogP contribution in [0.25, 0.3) is 0 Å². The predicted molar refractivity (Wildman–Crippen MR) is 58.4 cm³/mol. The number of nitrogens with zero attached hydrogens (tertiary/aromatic N) is 1. The van der Waals surface area contributed by atoms with Crippen LogP contribution in [0.5, 0.6) is 0 Å². The molecule has 0 spiro atoms. The molecule has 5 heteroatoms. The highest BCUT2D eigenvalue weighted by Gasteiger charge is 2.31. The molecule has 0 aromatic heterocycles. The molecule has 0 bridgehead atoms. The maximum Gasteiger partial charge on any atom is 0.327 e. The van der Waals surface area contributed by atoms with Gasteiger partial charge in [-0.1, -0.05) is 0 Å². The fourth-order valence-electron chi connectivity index (χ4n) is 1.67. The fraction of sp³-hybridized carbons (Fsp3) is 0.200. The summed E-state index contributed by atoms with van der Waals surface area (Å²) in [5.74, 6) is -0.279. The Labute approximate surface area is 91.8 Å². The van der Waals surface area contributed by atoms with Crippen LogP contribution >= 0.6 is 11.6 Å². The number of rotatable bonds is 1. The van der Waals surface area contributed by atoms with Crippen LogP contribution < -0.4 is 10.2 Å². The normalized spacial score (nSPS) is 14.0. The summed E-state index contributed by atoms with van der Waals surface area (Å²) in [6.45, 7) is 0. The monoisotopic (exact) mass is 224 g/mol. The molecule has 1 heterocycles. The molecule has 0 aliphatic carbocycles. The van der Waals surface area contributed by atoms with Gasteiger partial charge in [0, 0.05) is 12.7 Å². The van der Waals surface area contributed by atoms with Gasteiger partial charge < -0.3 is 5.32 Å². The highest BCUT2D eigenvalue weighted by atomic mass is 35.5. The van der Waals surface area contributed by atoms with Crippen molar-refractivity contribution in [2.24, 2.45) is 0 Å². The number of imide groups is 1. The lowest BCUT2D eigenvalue weighted by atomic mass is 10.1. The molecule has 0 fully saturated rings. The van der Waals surface area contributed by atoms with Gasteiger partial charge in [-0.05, 0) is 35.4 Å². The third-order valence-electron chi connectivity index (χ3n) is 2.38. The molecule has 15 heavy (non-hydrogen) atoms. The summed E-state index contributed by atoms with van der Waals surface area (Å²) in [5, 5.41) is 2.21. The molecule has 1 N–H and O–H groups in total. The van der Waals surface area contributed by atoms with Crippen molar-refractivity contribution in [1.29, 1.82) is 0 Å². The third kappa shape index (κ3) is 1.57. The first-order valence-electron chi connectivity index (χ1n) is 4.46. The van der Waals surface area contributed by atoms with E-state index in [1.165, 1.54) is 0 Å². The summed E-state index contributed by atoms with van der Waals surface area (Å²) in [5.41, 5.74) is 2.31. The number of carbonyl (C=O) groups excluding carboxylic acids is 2. The van der Waals surface area contributed by atoms with Crippen LogP contribution in [-0.2, 0) is 11.2 Å². The van der Waals surface area contributed by atoms with Crippen molar-refractivity contribution in [3.8, 4) is 0 Å². The van der Waals surface area contributed by atoms with E-state index >= 15 is 0 Å². The summed E-state index contributed by atoms with van der Waals surface area (Å²) >= 11 is 5.33. The number of amides is 2. The van der Waals surface area contributed by atoms with Gasteiger partial charge in [-0.3, -0.25) is 9.59 Å². The van der Waals surface area contributed by atoms with Crippen LogP contribution in [0.15, 0.2) is 18.2 Å². The first-order valence-corrected chi connectivity index (χ1v) is 4.84. The Hall–Kier alpha value is -1.55. The number of hydrogen-bond acceptors (Lipinski definition) is 3. The number of carbonyl (C=O) groups is 2. The number of benzene rings is 1. The standard InChI is InChI=1S/C10H9ClN2O2/c1-12-7-2-3-8-6(4-7)5-9(14)13(8)10(11)15/h2-4,12H,5H2,1H3. The van der Waals surface area contributed by atoms with Gasteiger partial charge >= 0.3 is 5.37 Å². The second-order valence-corrected chi connectivity index (χ2v) is 3.58. The fourth-order valence-corrected chi connectivity index (χ4v) is 1.86. The van der Waals surface area contributed by atoms with E-state index in [0.29, 0.717) is 5.69 Å². The SMILES string of the molecule is CNc1ccc2c(c1)CC(=O)N2C(=O)Cl. The van der Waals surface area contributed by atoms with Crippen LogP contribution in [0, 0.1) is 0 Å². The van der Waals surface area contributed by atoms with Gasteiger partial charge in [0.15, 0.2) is 0 Å². The molecule has 1 aromatic rings. The number of hydrogen-bond donors (Lipinski definition) is 1. The van der Waals surface area contributed by atoms with Crippen LogP contribution in [0.3, 0.4) is 0 Å². The highest BCUT2D eigenvalue weighted by Crippen LogP contribution is 2.31. The number of anilines is 2. The summed E-state index contributed by atoms with van der Waals surface area (Å²) in [6.07, 6.45) is 0.226. The lowest BCUT2D eigenvalue weighted by molar-refractivity contribution is -0.116. The van der Waals surface area contributed by atoms with E-state index in [2.05, 4.69) is 5.32 Å². The van der Waals surface area contributed by atoms with Crippen molar-refractivity contribution in [2.75, 3.05) is 17.3 Å². The molecule has 0 saturated carbocycles. The third-order valence-corrected chi connectivity index (χ3v) is 2.54. The molecule has 2 amide bonds. The van der Waals surface area contributed by atoms with Crippen LogP contribution in [0.1, 0.15) is 5.56 Å². The van der Waals surface area contributed by atoms with Crippen molar-refractivity contribution >= 4 is 34.2 Å². The minimum absolute atomic E-state index is 0.226. The van der Waals surface area contributed by atoms with Gasteiger partial charge in [-0.25, -0.2) is 4.90 Å². The van der Waals surface area contributed by atoms with Crippen LogP contribution in [-0.4, -0.2) is 18.3 Å². The maximum atomic E-state index is 11.5. The first kappa shape index (κ1) is 9.98. The zero-order valence-corrected chi connectivity index (χ0v) is 8.84. The Bertz CT molecular complexity index is 445. The van der Waals surface area contributed by atoms with E-state index in [9.17, 15) is 9.59 Å². The molecular formula is C10H9ClN2O2. The second kappa shape index (κ2) is 3.55. The molecule has 1 aliphatic rings.